The number of rotatable bonds is 4. The number of alkyl halides is 3. The molecule has 1 N–H and O–H groups in total. The van der Waals surface area contributed by atoms with Crippen LogP contribution in [-0.2, 0) is 19.9 Å². The molecule has 9 heteroatoms. The summed E-state index contributed by atoms with van der Waals surface area (Å²) in [7, 11) is 0.911. The maximum Gasteiger partial charge on any atom is 0.431 e. The van der Waals surface area contributed by atoms with Crippen molar-refractivity contribution in [3.8, 4) is 0 Å². The summed E-state index contributed by atoms with van der Waals surface area (Å²) in [6.07, 6.45) is -4.17. The zero-order valence-corrected chi connectivity index (χ0v) is 20.9. The number of fused-ring (bicyclic) bond motifs is 1. The summed E-state index contributed by atoms with van der Waals surface area (Å²) >= 11 is 0. The molecule has 1 spiro atoms. The Morgan fingerprint density at radius 3 is 2.32 bits per heavy atom. The van der Waals surface area contributed by atoms with Crippen molar-refractivity contribution in [2.75, 3.05) is 26.7 Å². The van der Waals surface area contributed by atoms with Crippen LogP contribution in [0.2, 0.25) is 0 Å². The fourth-order valence-electron chi connectivity index (χ4n) is 6.24. The van der Waals surface area contributed by atoms with Crippen molar-refractivity contribution >= 4 is 22.6 Å². The van der Waals surface area contributed by atoms with Gasteiger partial charge in [0.2, 0.25) is 5.91 Å². The summed E-state index contributed by atoms with van der Waals surface area (Å²) in [4.78, 5) is 27.4. The molecule has 5 rings (SSSR count). The number of amides is 2. The number of halogens is 4. The largest absolute Gasteiger partial charge is 0.431 e. The van der Waals surface area contributed by atoms with Gasteiger partial charge in [0.05, 0.1) is 0 Å². The van der Waals surface area contributed by atoms with Crippen molar-refractivity contribution in [1.82, 2.24) is 10.2 Å². The minimum absolute atomic E-state index is 0.0375. The first-order valence-electron chi connectivity index (χ1n) is 12.5. The number of nitrogens with zero attached hydrogens (tertiary/aromatic N) is 1. The normalized spacial score (nSPS) is 21.2. The van der Waals surface area contributed by atoms with Gasteiger partial charge in [-0.2, -0.15) is 13.2 Å². The van der Waals surface area contributed by atoms with Crippen LogP contribution in [0.3, 0.4) is 0 Å². The maximum absolute atomic E-state index is 14.9. The highest BCUT2D eigenvalue weighted by Crippen LogP contribution is 2.51. The van der Waals surface area contributed by atoms with Crippen LogP contribution in [0.5, 0.6) is 0 Å². The van der Waals surface area contributed by atoms with Crippen molar-refractivity contribution in [3.05, 3.63) is 83.7 Å². The summed E-state index contributed by atoms with van der Waals surface area (Å²) in [6, 6.07) is 17.1. The van der Waals surface area contributed by atoms with Gasteiger partial charge in [-0.3, -0.25) is 9.59 Å². The van der Waals surface area contributed by atoms with E-state index in [-0.39, 0.29) is 48.1 Å². The number of hydrogen-bond donors (Lipinski definition) is 1. The number of nitrogens with one attached hydrogen (secondary N) is 1. The van der Waals surface area contributed by atoms with Crippen LogP contribution in [0, 0.1) is 11.2 Å². The summed E-state index contributed by atoms with van der Waals surface area (Å²) in [5.41, 5.74) is -3.14. The average molecular weight is 529 g/mol. The second-order valence-corrected chi connectivity index (χ2v) is 10.1. The van der Waals surface area contributed by atoms with E-state index >= 15 is 0 Å². The van der Waals surface area contributed by atoms with E-state index in [9.17, 15) is 27.2 Å². The fourth-order valence-corrected chi connectivity index (χ4v) is 6.24. The first-order valence-corrected chi connectivity index (χ1v) is 12.5. The molecule has 2 fully saturated rings. The molecule has 200 valence electrons. The van der Waals surface area contributed by atoms with E-state index in [1.54, 1.807) is 42.5 Å². The van der Waals surface area contributed by atoms with E-state index < -0.39 is 23.1 Å². The van der Waals surface area contributed by atoms with Gasteiger partial charge in [-0.1, -0.05) is 54.6 Å². The highest BCUT2D eigenvalue weighted by atomic mass is 19.4. The standard InChI is InChI=1S/C29H28F4N2O3/c1-38-28(29(31,32)33,23-8-4-6-19-5-2-3-7-22(19)23)26(37)35-15-13-27(14-16-35)17-25(36)34-18-24(27)20-9-11-21(30)12-10-20/h2-12,24H,13-18H2,1H3,(H,34,36). The fraction of sp³-hybridized carbons (Fsp3) is 0.379. The highest BCUT2D eigenvalue weighted by molar-refractivity contribution is 5.95. The van der Waals surface area contributed by atoms with Crippen molar-refractivity contribution in [2.24, 2.45) is 5.41 Å². The molecule has 0 aromatic heterocycles. The maximum atomic E-state index is 14.9. The molecule has 0 aliphatic carbocycles. The molecule has 0 radical (unpaired) electrons. The SMILES string of the molecule is COC(C(=O)N1CCC2(CC1)CC(=O)NCC2c1ccc(F)cc1)(c1cccc2ccccc12)C(F)(F)F. The second kappa shape index (κ2) is 9.69. The predicted octanol–water partition coefficient (Wildman–Crippen LogP) is 5.30. The molecule has 3 aromatic carbocycles. The van der Waals surface area contributed by atoms with Gasteiger partial charge < -0.3 is 15.0 Å². The van der Waals surface area contributed by atoms with Crippen LogP contribution >= 0.6 is 0 Å². The summed E-state index contributed by atoms with van der Waals surface area (Å²) in [6.45, 7) is 0.421. The molecule has 38 heavy (non-hydrogen) atoms. The monoisotopic (exact) mass is 528 g/mol. The van der Waals surface area contributed by atoms with E-state index in [1.807, 2.05) is 0 Å². The minimum Gasteiger partial charge on any atom is -0.356 e. The molecular weight excluding hydrogens is 500 g/mol. The van der Waals surface area contributed by atoms with Crippen LogP contribution in [0.4, 0.5) is 17.6 Å². The predicted molar refractivity (Wildman–Crippen MR) is 134 cm³/mol. The van der Waals surface area contributed by atoms with Gasteiger partial charge in [0.1, 0.15) is 5.82 Å². The Kier molecular flexibility index (Phi) is 6.67. The summed E-state index contributed by atoms with van der Waals surface area (Å²) in [5.74, 6) is -1.83. The zero-order chi connectivity index (χ0) is 27.1. The van der Waals surface area contributed by atoms with Crippen molar-refractivity contribution in [3.63, 3.8) is 0 Å². The summed E-state index contributed by atoms with van der Waals surface area (Å²) < 4.78 is 63.3. The second-order valence-electron chi connectivity index (χ2n) is 10.1. The number of likely N-dealkylation sites (tertiary alicyclic amines) is 1. The molecule has 5 nitrogen and oxygen atoms in total. The molecule has 3 aromatic rings. The molecule has 2 aliphatic rings. The molecule has 2 aliphatic heterocycles. The first kappa shape index (κ1) is 26.2. The lowest BCUT2D eigenvalue weighted by Gasteiger charge is -2.50. The van der Waals surface area contributed by atoms with Gasteiger partial charge in [0.15, 0.2) is 0 Å². The van der Waals surface area contributed by atoms with Crippen LogP contribution in [0.1, 0.15) is 36.3 Å². The number of piperidine rings is 2. The molecule has 2 saturated heterocycles. The Balaban J connectivity index is 1.48. The third-order valence-electron chi connectivity index (χ3n) is 8.25. The lowest BCUT2D eigenvalue weighted by molar-refractivity contribution is -0.270. The Bertz CT molecular complexity index is 1340. The number of carbonyl (C=O) groups excluding carboxylic acids is 2. The Morgan fingerprint density at radius 2 is 1.66 bits per heavy atom. The van der Waals surface area contributed by atoms with Gasteiger partial charge in [-0.25, -0.2) is 4.39 Å². The third kappa shape index (κ3) is 4.22. The van der Waals surface area contributed by atoms with E-state index in [4.69, 9.17) is 4.74 Å². The number of hydrogen-bond acceptors (Lipinski definition) is 3. The lowest BCUT2D eigenvalue weighted by atomic mass is 9.62. The van der Waals surface area contributed by atoms with Gasteiger partial charge in [0, 0.05) is 44.6 Å². The molecule has 2 heterocycles. The van der Waals surface area contributed by atoms with Gasteiger partial charge in [0.25, 0.3) is 11.5 Å². The molecule has 0 bridgehead atoms. The van der Waals surface area contributed by atoms with Crippen LogP contribution in [-0.4, -0.2) is 49.6 Å². The Hall–Kier alpha value is -3.46. The highest BCUT2D eigenvalue weighted by Gasteiger charge is 2.64. The van der Waals surface area contributed by atoms with Crippen LogP contribution < -0.4 is 5.32 Å². The van der Waals surface area contributed by atoms with E-state index in [1.165, 1.54) is 29.2 Å². The van der Waals surface area contributed by atoms with Crippen molar-refractivity contribution in [1.29, 1.82) is 0 Å². The lowest BCUT2D eigenvalue weighted by Crippen LogP contribution is -2.60. The van der Waals surface area contributed by atoms with E-state index in [0.717, 1.165) is 12.7 Å². The molecule has 2 unspecified atom stereocenters. The molecule has 0 saturated carbocycles. The topological polar surface area (TPSA) is 58.6 Å². The third-order valence-corrected chi connectivity index (χ3v) is 8.25. The number of methoxy groups -OCH3 is 1. The number of carbonyl (C=O) groups is 2. The number of benzene rings is 3. The van der Waals surface area contributed by atoms with Crippen molar-refractivity contribution < 1.29 is 31.9 Å². The smallest absolute Gasteiger partial charge is 0.356 e. The molecular formula is C29H28F4N2O3. The summed E-state index contributed by atoms with van der Waals surface area (Å²) in [5, 5.41) is 3.71. The first-order chi connectivity index (χ1) is 18.1. The molecule has 2 amide bonds. The van der Waals surface area contributed by atoms with E-state index in [2.05, 4.69) is 5.32 Å². The van der Waals surface area contributed by atoms with Crippen LogP contribution in [0.15, 0.2) is 66.7 Å². The quantitative estimate of drug-likeness (QED) is 0.468. The Labute approximate surface area is 217 Å². The van der Waals surface area contributed by atoms with Gasteiger partial charge >= 0.3 is 6.18 Å². The van der Waals surface area contributed by atoms with Gasteiger partial charge in [-0.05, 0) is 46.7 Å². The van der Waals surface area contributed by atoms with Crippen LogP contribution in [0.25, 0.3) is 10.8 Å². The molecule has 2 atom stereocenters. The Morgan fingerprint density at radius 1 is 1.00 bits per heavy atom. The van der Waals surface area contributed by atoms with Crippen molar-refractivity contribution in [2.45, 2.75) is 37.0 Å². The zero-order valence-electron chi connectivity index (χ0n) is 20.9. The number of ether oxygens (including phenoxy) is 1. The average Bonchev–Trinajstić information content (AvgIpc) is 2.90. The van der Waals surface area contributed by atoms with E-state index in [0.29, 0.717) is 24.8 Å². The van der Waals surface area contributed by atoms with Gasteiger partial charge in [-0.15, -0.1) is 0 Å². The minimum atomic E-state index is -5.03.